The molecule has 0 radical (unpaired) electrons. The van der Waals surface area contributed by atoms with Crippen LogP contribution in [0.5, 0.6) is 0 Å². The maximum Gasteiger partial charge on any atom is 0.339 e. The number of hydrogen-bond donors (Lipinski definition) is 0. The van der Waals surface area contributed by atoms with Crippen LogP contribution in [-0.2, 0) is 11.3 Å². The van der Waals surface area contributed by atoms with E-state index < -0.39 is 5.97 Å². The Hall–Kier alpha value is -2.60. The Kier molecular flexibility index (Phi) is 4.96. The van der Waals surface area contributed by atoms with Crippen molar-refractivity contribution < 1.29 is 14.1 Å². The summed E-state index contributed by atoms with van der Waals surface area (Å²) in [4.78, 5) is 17.4. The molecule has 1 aromatic heterocycles. The zero-order chi connectivity index (χ0) is 16.9. The highest BCUT2D eigenvalue weighted by Crippen LogP contribution is 2.22. The van der Waals surface area contributed by atoms with Crippen LogP contribution in [0, 0.1) is 6.92 Å². The monoisotopic (exact) mass is 340 g/mol. The Morgan fingerprint density at radius 3 is 2.71 bits per heavy atom. The molecule has 0 N–H and O–H groups in total. The molecule has 0 spiro atoms. The van der Waals surface area contributed by atoms with Gasteiger partial charge in [-0.05, 0) is 30.9 Å². The topological polar surface area (TPSA) is 65.2 Å². The van der Waals surface area contributed by atoms with Gasteiger partial charge in [0.2, 0.25) is 5.82 Å². The van der Waals surface area contributed by atoms with Crippen molar-refractivity contribution in [2.24, 2.45) is 0 Å². The van der Waals surface area contributed by atoms with Crippen molar-refractivity contribution in [2.75, 3.05) is 6.26 Å². The zero-order valence-corrected chi connectivity index (χ0v) is 14.2. The number of nitrogens with zero attached hydrogens (tertiary/aromatic N) is 2. The highest BCUT2D eigenvalue weighted by atomic mass is 32.2. The molecule has 6 heteroatoms. The molecule has 0 amide bonds. The fourth-order valence-corrected chi connectivity index (χ4v) is 2.85. The van der Waals surface area contributed by atoms with E-state index in [0.717, 1.165) is 16.0 Å². The number of esters is 1. The highest BCUT2D eigenvalue weighted by molar-refractivity contribution is 7.98. The van der Waals surface area contributed by atoms with Gasteiger partial charge in [0.25, 0.3) is 5.89 Å². The van der Waals surface area contributed by atoms with Crippen LogP contribution < -0.4 is 0 Å². The molecule has 1 heterocycles. The van der Waals surface area contributed by atoms with Gasteiger partial charge in [-0.2, -0.15) is 4.98 Å². The standard InChI is InChI=1S/C18H16N2O3S/c1-12-7-3-4-8-13(12)17-19-16(23-20-17)11-22-18(21)14-9-5-6-10-15(14)24-2/h3-10H,11H2,1-2H3. The van der Waals surface area contributed by atoms with E-state index in [9.17, 15) is 4.79 Å². The molecule has 0 aliphatic carbocycles. The second-order valence-corrected chi connectivity index (χ2v) is 5.95. The summed E-state index contributed by atoms with van der Waals surface area (Å²) in [5.74, 6) is 0.350. The lowest BCUT2D eigenvalue weighted by Gasteiger charge is -2.05. The van der Waals surface area contributed by atoms with Gasteiger partial charge < -0.3 is 9.26 Å². The molecule has 0 bridgehead atoms. The molecule has 3 rings (SSSR count). The van der Waals surface area contributed by atoms with Crippen molar-refractivity contribution in [3.05, 3.63) is 65.5 Å². The number of aryl methyl sites for hydroxylation is 1. The van der Waals surface area contributed by atoms with Crippen LogP contribution in [-0.4, -0.2) is 22.4 Å². The van der Waals surface area contributed by atoms with Crippen LogP contribution in [0.3, 0.4) is 0 Å². The first kappa shape index (κ1) is 16.3. The van der Waals surface area contributed by atoms with E-state index in [4.69, 9.17) is 9.26 Å². The SMILES string of the molecule is CSc1ccccc1C(=O)OCc1nc(-c2ccccc2C)no1. The Morgan fingerprint density at radius 1 is 1.17 bits per heavy atom. The molecule has 0 saturated carbocycles. The third-order valence-corrected chi connectivity index (χ3v) is 4.30. The number of carbonyl (C=O) groups excluding carboxylic acids is 1. The third kappa shape index (κ3) is 3.49. The Morgan fingerprint density at radius 2 is 1.92 bits per heavy atom. The van der Waals surface area contributed by atoms with Gasteiger partial charge in [-0.3, -0.25) is 0 Å². The summed E-state index contributed by atoms with van der Waals surface area (Å²) in [6.45, 7) is 1.92. The fourth-order valence-electron chi connectivity index (χ4n) is 2.26. The summed E-state index contributed by atoms with van der Waals surface area (Å²) in [6, 6.07) is 15.1. The van der Waals surface area contributed by atoms with E-state index in [-0.39, 0.29) is 12.5 Å². The smallest absolute Gasteiger partial charge is 0.339 e. The summed E-state index contributed by atoms with van der Waals surface area (Å²) in [5.41, 5.74) is 2.48. The van der Waals surface area contributed by atoms with Gasteiger partial charge in [-0.25, -0.2) is 4.79 Å². The molecule has 24 heavy (non-hydrogen) atoms. The first-order chi connectivity index (χ1) is 11.7. The van der Waals surface area contributed by atoms with Gasteiger partial charge >= 0.3 is 5.97 Å². The number of carbonyl (C=O) groups is 1. The van der Waals surface area contributed by atoms with E-state index in [1.807, 2.05) is 49.6 Å². The molecule has 0 unspecified atom stereocenters. The molecule has 3 aromatic rings. The molecule has 5 nitrogen and oxygen atoms in total. The number of benzene rings is 2. The van der Waals surface area contributed by atoms with E-state index in [1.54, 1.807) is 12.1 Å². The second kappa shape index (κ2) is 7.31. The van der Waals surface area contributed by atoms with Crippen molar-refractivity contribution in [1.82, 2.24) is 10.1 Å². The van der Waals surface area contributed by atoms with Crippen molar-refractivity contribution in [2.45, 2.75) is 18.4 Å². The molecule has 0 aliphatic rings. The highest BCUT2D eigenvalue weighted by Gasteiger charge is 2.15. The van der Waals surface area contributed by atoms with E-state index in [0.29, 0.717) is 11.4 Å². The molecule has 2 aromatic carbocycles. The lowest BCUT2D eigenvalue weighted by molar-refractivity contribution is 0.0425. The van der Waals surface area contributed by atoms with Crippen molar-refractivity contribution >= 4 is 17.7 Å². The first-order valence-electron chi connectivity index (χ1n) is 7.38. The second-order valence-electron chi connectivity index (χ2n) is 5.10. The predicted molar refractivity (Wildman–Crippen MR) is 91.8 cm³/mol. The van der Waals surface area contributed by atoms with Crippen molar-refractivity contribution in [3.63, 3.8) is 0 Å². The maximum atomic E-state index is 12.2. The van der Waals surface area contributed by atoms with E-state index in [2.05, 4.69) is 10.1 Å². The quantitative estimate of drug-likeness (QED) is 0.514. The Bertz CT molecular complexity index is 861. The lowest BCUT2D eigenvalue weighted by Crippen LogP contribution is -2.06. The van der Waals surface area contributed by atoms with Gasteiger partial charge in [0.1, 0.15) is 0 Å². The summed E-state index contributed by atoms with van der Waals surface area (Å²) in [6.07, 6.45) is 1.92. The molecule has 0 aliphatic heterocycles. The molecule has 0 atom stereocenters. The van der Waals surface area contributed by atoms with Crippen LogP contribution in [0.1, 0.15) is 21.8 Å². The maximum absolute atomic E-state index is 12.2. The van der Waals surface area contributed by atoms with Gasteiger partial charge in [-0.15, -0.1) is 11.8 Å². The minimum absolute atomic E-state index is 0.0551. The fraction of sp³-hybridized carbons (Fsp3) is 0.167. The molecule has 122 valence electrons. The van der Waals surface area contributed by atoms with Gasteiger partial charge in [0.15, 0.2) is 6.61 Å². The average molecular weight is 340 g/mol. The van der Waals surface area contributed by atoms with Crippen LogP contribution >= 0.6 is 11.8 Å². The summed E-state index contributed by atoms with van der Waals surface area (Å²) in [7, 11) is 0. The normalized spacial score (nSPS) is 10.6. The lowest BCUT2D eigenvalue weighted by atomic mass is 10.1. The largest absolute Gasteiger partial charge is 0.452 e. The third-order valence-electron chi connectivity index (χ3n) is 3.51. The number of aromatic nitrogens is 2. The number of thioether (sulfide) groups is 1. The van der Waals surface area contributed by atoms with Crippen LogP contribution in [0.2, 0.25) is 0 Å². The summed E-state index contributed by atoms with van der Waals surface area (Å²) in [5, 5.41) is 3.95. The zero-order valence-electron chi connectivity index (χ0n) is 13.4. The Balaban J connectivity index is 1.70. The molecule has 0 saturated heterocycles. The van der Waals surface area contributed by atoms with Crippen LogP contribution in [0.4, 0.5) is 0 Å². The minimum Gasteiger partial charge on any atom is -0.452 e. The van der Waals surface area contributed by atoms with Gasteiger partial charge in [0.05, 0.1) is 5.56 Å². The predicted octanol–water partition coefficient (Wildman–Crippen LogP) is 4.12. The van der Waals surface area contributed by atoms with Gasteiger partial charge in [-0.1, -0.05) is 41.6 Å². The van der Waals surface area contributed by atoms with E-state index >= 15 is 0 Å². The molecule has 0 fully saturated rings. The minimum atomic E-state index is -0.407. The van der Waals surface area contributed by atoms with Crippen molar-refractivity contribution in [1.29, 1.82) is 0 Å². The van der Waals surface area contributed by atoms with Crippen LogP contribution in [0.25, 0.3) is 11.4 Å². The number of ether oxygens (including phenoxy) is 1. The number of rotatable bonds is 5. The van der Waals surface area contributed by atoms with Crippen molar-refractivity contribution in [3.8, 4) is 11.4 Å². The van der Waals surface area contributed by atoms with Crippen LogP contribution in [0.15, 0.2) is 57.9 Å². The summed E-state index contributed by atoms with van der Waals surface area (Å²) < 4.78 is 10.5. The Labute approximate surface area is 144 Å². The average Bonchev–Trinajstić information content (AvgIpc) is 3.08. The number of hydrogen-bond acceptors (Lipinski definition) is 6. The van der Waals surface area contributed by atoms with Gasteiger partial charge in [0, 0.05) is 10.5 Å². The van der Waals surface area contributed by atoms with E-state index in [1.165, 1.54) is 11.8 Å². The summed E-state index contributed by atoms with van der Waals surface area (Å²) >= 11 is 1.50. The molecular weight excluding hydrogens is 324 g/mol. The molecular formula is C18H16N2O3S. The first-order valence-corrected chi connectivity index (χ1v) is 8.60.